The zero-order chi connectivity index (χ0) is 31.5. The topological polar surface area (TPSA) is 144 Å². The maximum absolute atomic E-state index is 11.6. The number of fused-ring (bicyclic) bond motifs is 2. The minimum absolute atomic E-state index is 0. The van der Waals surface area contributed by atoms with Crippen LogP contribution in [-0.2, 0) is 26.8 Å². The van der Waals surface area contributed by atoms with Crippen LogP contribution in [0, 0.1) is 0 Å². The fraction of sp³-hybridized carbons (Fsp3) is 0.258. The summed E-state index contributed by atoms with van der Waals surface area (Å²) in [5.74, 6) is 0.322. The Labute approximate surface area is 289 Å². The molecule has 10 nitrogen and oxygen atoms in total. The molecule has 1 aromatic heterocycles. The van der Waals surface area contributed by atoms with Gasteiger partial charge in [-0.3, -0.25) is 0 Å². The molecule has 0 aliphatic carbocycles. The Kier molecular flexibility index (Phi) is 11.6. The van der Waals surface area contributed by atoms with Crippen LogP contribution in [0.25, 0.3) is 28.3 Å². The van der Waals surface area contributed by atoms with Gasteiger partial charge in [0, 0.05) is 29.5 Å². The molecular weight excluding hydrogens is 651 g/mol. The summed E-state index contributed by atoms with van der Waals surface area (Å²) in [5, 5.41) is 0.499. The van der Waals surface area contributed by atoms with Crippen LogP contribution >= 0.6 is 11.6 Å². The second-order valence-electron chi connectivity index (χ2n) is 10.3. The third kappa shape index (κ3) is 9.20. The summed E-state index contributed by atoms with van der Waals surface area (Å²) in [6.07, 6.45) is 4.73. The van der Waals surface area contributed by atoms with Crippen LogP contribution < -0.4 is 43.8 Å². The van der Waals surface area contributed by atoms with E-state index in [1.54, 1.807) is 28.8 Å². The number of aromatic nitrogens is 1. The number of anilines is 1. The average molecular weight is 681 g/mol. The van der Waals surface area contributed by atoms with Gasteiger partial charge in [-0.1, -0.05) is 54.9 Å². The Hall–Kier alpha value is -2.68. The van der Waals surface area contributed by atoms with Gasteiger partial charge in [0.15, 0.2) is 12.3 Å². The van der Waals surface area contributed by atoms with Gasteiger partial charge in [0.05, 0.1) is 27.6 Å². The van der Waals surface area contributed by atoms with Crippen molar-refractivity contribution < 1.29 is 69.2 Å². The third-order valence-electron chi connectivity index (χ3n) is 7.15. The van der Waals surface area contributed by atoms with Gasteiger partial charge in [0.2, 0.25) is 11.5 Å². The van der Waals surface area contributed by atoms with E-state index in [9.17, 15) is 25.9 Å². The maximum Gasteiger partial charge on any atom is 1.00 e. The normalized spacial score (nSPS) is 14.4. The molecule has 0 saturated carbocycles. The van der Waals surface area contributed by atoms with Crippen molar-refractivity contribution in [1.82, 2.24) is 0 Å². The van der Waals surface area contributed by atoms with E-state index in [-0.39, 0.29) is 42.5 Å². The second-order valence-corrected chi connectivity index (χ2v) is 13.8. The van der Waals surface area contributed by atoms with Crippen molar-refractivity contribution in [1.29, 1.82) is 0 Å². The number of oxazole rings is 1. The molecule has 0 amide bonds. The molecule has 5 rings (SSSR count). The van der Waals surface area contributed by atoms with E-state index in [2.05, 4.69) is 0 Å². The number of allylic oxidation sites excluding steroid dienone is 2. The Morgan fingerprint density at radius 3 is 2.36 bits per heavy atom. The van der Waals surface area contributed by atoms with Crippen molar-refractivity contribution >= 4 is 54.7 Å². The standard InChI is InChI=1S/C31H31ClN2O8S2.Na/c1-2-22(18-30-33(14-6-7-16-43(35,36)37)27-21-25(32)11-13-29(27)42-30)19-31-34(15-17-44(38,39)40)26-20-24(10-12-28(26)41-31)23-8-4-3-5-9-23;/h3-5,8-13,18-21H,2,6-7,14-17H2,1H3,(H-,35,36,37,38,39,40);/q;+1/p-1. The molecule has 1 aliphatic heterocycles. The van der Waals surface area contributed by atoms with Crippen LogP contribution in [0.3, 0.4) is 0 Å². The van der Waals surface area contributed by atoms with E-state index in [4.69, 9.17) is 20.8 Å². The molecule has 0 atom stereocenters. The molecule has 232 valence electrons. The van der Waals surface area contributed by atoms with E-state index in [0.29, 0.717) is 58.7 Å². The van der Waals surface area contributed by atoms with E-state index in [0.717, 1.165) is 16.7 Å². The molecule has 4 aromatic rings. The van der Waals surface area contributed by atoms with Gasteiger partial charge in [-0.15, -0.1) is 0 Å². The van der Waals surface area contributed by atoms with Gasteiger partial charge in [-0.2, -0.15) is 4.57 Å². The molecule has 45 heavy (non-hydrogen) atoms. The third-order valence-corrected chi connectivity index (χ3v) is 8.85. The molecule has 14 heteroatoms. The summed E-state index contributed by atoms with van der Waals surface area (Å²) in [6.45, 7) is 2.21. The number of benzene rings is 3. The Bertz CT molecular complexity index is 1960. The van der Waals surface area contributed by atoms with Crippen molar-refractivity contribution in [2.24, 2.45) is 0 Å². The summed E-state index contributed by atoms with van der Waals surface area (Å²) in [7, 11) is -8.82. The first-order valence-electron chi connectivity index (χ1n) is 14.0. The Morgan fingerprint density at radius 2 is 1.67 bits per heavy atom. The van der Waals surface area contributed by atoms with E-state index in [1.807, 2.05) is 66.4 Å². The van der Waals surface area contributed by atoms with E-state index < -0.39 is 31.7 Å². The zero-order valence-electron chi connectivity index (χ0n) is 24.8. The van der Waals surface area contributed by atoms with E-state index in [1.165, 1.54) is 0 Å². The van der Waals surface area contributed by atoms with Crippen LogP contribution in [0.1, 0.15) is 32.1 Å². The van der Waals surface area contributed by atoms with Gasteiger partial charge < -0.3 is 23.2 Å². The number of hydrogen-bond donors (Lipinski definition) is 0. The van der Waals surface area contributed by atoms with E-state index >= 15 is 0 Å². The van der Waals surface area contributed by atoms with Crippen LogP contribution in [-0.4, -0.2) is 44.0 Å². The Morgan fingerprint density at radius 1 is 0.933 bits per heavy atom. The monoisotopic (exact) mass is 680 g/mol. The number of aryl methyl sites for hydroxylation is 1. The van der Waals surface area contributed by atoms with Crippen molar-refractivity contribution in [3.63, 3.8) is 0 Å². The first-order chi connectivity index (χ1) is 20.9. The smallest absolute Gasteiger partial charge is 0.748 e. The molecule has 0 fully saturated rings. The largest absolute Gasteiger partial charge is 1.00 e. The molecule has 2 heterocycles. The van der Waals surface area contributed by atoms with Gasteiger partial charge in [-0.25, -0.2) is 16.8 Å². The SMILES string of the molecule is CCC(=Cc1oc2ccc(-c3ccccc3)cc2[n+]1CCS(=O)(=O)[O-])C=C1Oc2ccc(Cl)cc2N1CCCCS(=O)(=O)[O-].[Na+]. The quantitative estimate of drug-likeness (QED) is 0.0954. The van der Waals surface area contributed by atoms with Gasteiger partial charge in [0.25, 0.3) is 5.52 Å². The number of ether oxygens (including phenoxy) is 1. The van der Waals surface area contributed by atoms with Crippen molar-refractivity contribution in [3.8, 4) is 16.9 Å². The first kappa shape index (κ1) is 35.2. The molecule has 0 radical (unpaired) electrons. The second kappa shape index (κ2) is 14.8. The summed E-state index contributed by atoms with van der Waals surface area (Å²) in [6, 6.07) is 20.5. The van der Waals surface area contributed by atoms with Crippen LogP contribution in [0.5, 0.6) is 5.75 Å². The summed E-state index contributed by atoms with van der Waals surface area (Å²) in [5.41, 5.74) is 4.52. The fourth-order valence-corrected chi connectivity index (χ4v) is 6.11. The molecule has 1 aliphatic rings. The minimum atomic E-state index is -4.50. The molecule has 0 spiro atoms. The van der Waals surface area contributed by atoms with Crippen LogP contribution in [0.4, 0.5) is 5.69 Å². The zero-order valence-corrected chi connectivity index (χ0v) is 29.2. The maximum atomic E-state index is 11.6. The molecular formula is C31H30ClN2NaO8S2. The summed E-state index contributed by atoms with van der Waals surface area (Å²) in [4.78, 5) is 1.87. The fourth-order valence-electron chi connectivity index (χ4n) is 4.98. The summed E-state index contributed by atoms with van der Waals surface area (Å²) < 4.78 is 82.0. The predicted molar refractivity (Wildman–Crippen MR) is 166 cm³/mol. The van der Waals surface area contributed by atoms with Crippen molar-refractivity contribution in [2.45, 2.75) is 32.7 Å². The van der Waals surface area contributed by atoms with Gasteiger partial charge in [-0.05, 0) is 60.2 Å². The van der Waals surface area contributed by atoms with Gasteiger partial charge in [0.1, 0.15) is 10.1 Å². The number of nitrogens with zero attached hydrogens (tertiary/aromatic N) is 2. The van der Waals surface area contributed by atoms with Crippen molar-refractivity contribution in [2.75, 3.05) is 23.0 Å². The molecule has 0 unspecified atom stereocenters. The van der Waals surface area contributed by atoms with Gasteiger partial charge >= 0.3 is 35.4 Å². The number of unbranched alkanes of at least 4 members (excludes halogenated alkanes) is 1. The molecule has 0 N–H and O–H groups in total. The molecule has 0 saturated heterocycles. The summed E-state index contributed by atoms with van der Waals surface area (Å²) >= 11 is 6.25. The first-order valence-corrected chi connectivity index (χ1v) is 17.5. The number of halogens is 1. The number of rotatable bonds is 12. The Balaban J connectivity index is 0.00000461. The van der Waals surface area contributed by atoms with Crippen LogP contribution in [0.2, 0.25) is 5.02 Å². The average Bonchev–Trinajstić information content (AvgIpc) is 3.49. The predicted octanol–water partition coefficient (Wildman–Crippen LogP) is 2.45. The number of hydrogen-bond acceptors (Lipinski definition) is 9. The minimum Gasteiger partial charge on any atom is -0.748 e. The van der Waals surface area contributed by atoms with Crippen molar-refractivity contribution in [3.05, 3.63) is 95.2 Å². The molecule has 3 aromatic carbocycles. The van der Waals surface area contributed by atoms with Crippen LogP contribution in [0.15, 0.2) is 88.7 Å². The molecule has 0 bridgehead atoms.